The largest absolute Gasteiger partial charge is 0.481 e. The Balaban J connectivity index is 1.44. The average Bonchev–Trinajstić information content (AvgIpc) is 3.18. The molecule has 8 nitrogen and oxygen atoms in total. The molecule has 0 bridgehead atoms. The number of carbonyl (C=O) groups excluding carboxylic acids is 1. The molecule has 1 N–H and O–H groups in total. The number of aryl methyl sites for hydroxylation is 1. The van der Waals surface area contributed by atoms with E-state index in [-0.39, 0.29) is 17.9 Å². The third kappa shape index (κ3) is 7.97. The lowest BCUT2D eigenvalue weighted by Crippen LogP contribution is -2.40. The first kappa shape index (κ1) is 31.2. The van der Waals surface area contributed by atoms with E-state index in [0.29, 0.717) is 44.6 Å². The molecule has 2 atom stereocenters. The zero-order valence-corrected chi connectivity index (χ0v) is 26.1. The van der Waals surface area contributed by atoms with E-state index in [0.717, 1.165) is 76.4 Å². The summed E-state index contributed by atoms with van der Waals surface area (Å²) in [6.45, 7) is 8.64. The Labute approximate surface area is 252 Å². The maximum Gasteiger partial charge on any atom is 0.303 e. The van der Waals surface area contributed by atoms with E-state index < -0.39 is 5.97 Å². The molecule has 0 spiro atoms. The van der Waals surface area contributed by atoms with Gasteiger partial charge in [0.25, 0.3) is 11.5 Å². The number of carboxylic acids is 1. The SMILES string of the molecule is Cc1cccn2c(=O)c(C=C3SC(=S)N(CCCCCCCCCCC(=O)O)C3=O)c(N3CC(C)CC(C)C3)nc12. The van der Waals surface area contributed by atoms with Gasteiger partial charge in [-0.05, 0) is 55.7 Å². The molecule has 2 aromatic rings. The molecule has 2 fully saturated rings. The molecule has 4 heterocycles. The third-order valence-corrected chi connectivity index (χ3v) is 9.28. The van der Waals surface area contributed by atoms with Gasteiger partial charge in [0, 0.05) is 32.3 Å². The number of aromatic nitrogens is 2. The van der Waals surface area contributed by atoms with Crippen LogP contribution in [0.25, 0.3) is 11.7 Å². The molecule has 222 valence electrons. The number of carboxylic acid groups (broad SMARTS) is 1. The lowest BCUT2D eigenvalue weighted by atomic mass is 9.91. The van der Waals surface area contributed by atoms with Crippen LogP contribution in [0.3, 0.4) is 0 Å². The van der Waals surface area contributed by atoms with Gasteiger partial charge in [-0.1, -0.05) is 82.4 Å². The molecule has 4 rings (SSSR count). The van der Waals surface area contributed by atoms with Crippen LogP contribution < -0.4 is 10.5 Å². The van der Waals surface area contributed by atoms with Gasteiger partial charge in [-0.25, -0.2) is 4.98 Å². The van der Waals surface area contributed by atoms with Crippen LogP contribution in [0, 0.1) is 18.8 Å². The van der Waals surface area contributed by atoms with Crippen LogP contribution in [0.1, 0.15) is 89.2 Å². The van der Waals surface area contributed by atoms with Gasteiger partial charge in [0.2, 0.25) is 0 Å². The number of hydrogen-bond acceptors (Lipinski definition) is 7. The fourth-order valence-corrected chi connectivity index (χ4v) is 7.22. The van der Waals surface area contributed by atoms with Crippen LogP contribution in [-0.2, 0) is 9.59 Å². The first-order valence-corrected chi connectivity index (χ1v) is 16.1. The second-order valence-electron chi connectivity index (χ2n) is 11.7. The van der Waals surface area contributed by atoms with Crippen molar-refractivity contribution in [2.45, 2.75) is 85.0 Å². The van der Waals surface area contributed by atoms with Crippen molar-refractivity contribution in [3.63, 3.8) is 0 Å². The number of thiocarbonyl (C=S) groups is 1. The van der Waals surface area contributed by atoms with Crippen molar-refractivity contribution in [3.05, 3.63) is 44.7 Å². The van der Waals surface area contributed by atoms with Gasteiger partial charge in [-0.15, -0.1) is 0 Å². The topological polar surface area (TPSA) is 95.2 Å². The average molecular weight is 599 g/mol. The second kappa shape index (κ2) is 14.4. The highest BCUT2D eigenvalue weighted by molar-refractivity contribution is 8.26. The lowest BCUT2D eigenvalue weighted by Gasteiger charge is -2.36. The highest BCUT2D eigenvalue weighted by Gasteiger charge is 2.33. The Morgan fingerprint density at radius 3 is 2.37 bits per heavy atom. The zero-order chi connectivity index (χ0) is 29.5. The molecule has 0 radical (unpaired) electrons. The van der Waals surface area contributed by atoms with Gasteiger partial charge in [0.1, 0.15) is 15.8 Å². The number of amides is 1. The van der Waals surface area contributed by atoms with E-state index >= 15 is 0 Å². The Kier molecular flexibility index (Phi) is 11.0. The molecule has 0 aliphatic carbocycles. The standard InChI is InChI=1S/C31H42N4O4S2/c1-21-17-22(2)20-33(19-21)28-24(29(38)34-16-12-13-23(3)27(34)32-28)18-25-30(39)35(31(40)41-25)15-11-9-7-5-4-6-8-10-14-26(36)37/h12-13,16,18,21-22H,4-11,14-15,17,19-20H2,1-3H3,(H,36,37). The first-order valence-electron chi connectivity index (χ1n) is 14.9. The summed E-state index contributed by atoms with van der Waals surface area (Å²) in [5, 5.41) is 8.71. The first-order chi connectivity index (χ1) is 19.7. The molecule has 2 saturated heterocycles. The van der Waals surface area contributed by atoms with Crippen LogP contribution in [0.15, 0.2) is 28.0 Å². The molecule has 0 aromatic carbocycles. The van der Waals surface area contributed by atoms with Gasteiger partial charge in [0.15, 0.2) is 0 Å². The second-order valence-corrected chi connectivity index (χ2v) is 13.4. The number of carbonyl (C=O) groups is 2. The smallest absolute Gasteiger partial charge is 0.303 e. The summed E-state index contributed by atoms with van der Waals surface area (Å²) >= 11 is 6.85. The quantitative estimate of drug-likeness (QED) is 0.164. The summed E-state index contributed by atoms with van der Waals surface area (Å²) in [6.07, 6.45) is 12.8. The minimum Gasteiger partial charge on any atom is -0.481 e. The van der Waals surface area contributed by atoms with E-state index in [1.54, 1.807) is 21.6 Å². The summed E-state index contributed by atoms with van der Waals surface area (Å²) in [5.41, 5.74) is 1.84. The van der Waals surface area contributed by atoms with Gasteiger partial charge in [-0.2, -0.15) is 0 Å². The number of thioether (sulfide) groups is 1. The minimum atomic E-state index is -0.724. The summed E-state index contributed by atoms with van der Waals surface area (Å²) in [6, 6.07) is 3.80. The molecule has 2 aliphatic rings. The van der Waals surface area contributed by atoms with Crippen molar-refractivity contribution in [3.8, 4) is 0 Å². The Hall–Kier alpha value is -2.72. The molecule has 0 saturated carbocycles. The summed E-state index contributed by atoms with van der Waals surface area (Å²) < 4.78 is 2.11. The number of hydrogen-bond donors (Lipinski definition) is 1. The molecule has 2 aromatic heterocycles. The minimum absolute atomic E-state index is 0.140. The normalized spacial score (nSPS) is 20.5. The van der Waals surface area contributed by atoms with Crippen LogP contribution in [0.5, 0.6) is 0 Å². The molecule has 2 unspecified atom stereocenters. The number of unbranched alkanes of at least 4 members (excludes halogenated alkanes) is 7. The van der Waals surface area contributed by atoms with Crippen LogP contribution in [-0.4, -0.2) is 55.2 Å². The highest BCUT2D eigenvalue weighted by atomic mass is 32.2. The monoisotopic (exact) mass is 598 g/mol. The van der Waals surface area contributed by atoms with E-state index in [4.69, 9.17) is 22.3 Å². The maximum absolute atomic E-state index is 13.8. The van der Waals surface area contributed by atoms with E-state index in [1.165, 1.54) is 11.8 Å². The molecule has 1 amide bonds. The molecular formula is C31H42N4O4S2. The maximum atomic E-state index is 13.8. The number of piperidine rings is 1. The van der Waals surface area contributed by atoms with Crippen LogP contribution in [0.4, 0.5) is 5.82 Å². The molecule has 10 heteroatoms. The molecule has 41 heavy (non-hydrogen) atoms. The fraction of sp³-hybridized carbons (Fsp3) is 0.581. The van der Waals surface area contributed by atoms with Crippen molar-refractivity contribution in [1.82, 2.24) is 14.3 Å². The highest BCUT2D eigenvalue weighted by Crippen LogP contribution is 2.35. The number of nitrogens with zero attached hydrogens (tertiary/aromatic N) is 4. The van der Waals surface area contributed by atoms with Crippen molar-refractivity contribution in [2.75, 3.05) is 24.5 Å². The number of aliphatic carboxylic acids is 1. The molecular weight excluding hydrogens is 556 g/mol. The van der Waals surface area contributed by atoms with Crippen LogP contribution in [0.2, 0.25) is 0 Å². The van der Waals surface area contributed by atoms with Gasteiger partial charge < -0.3 is 10.0 Å². The Morgan fingerprint density at radius 1 is 1.07 bits per heavy atom. The van der Waals surface area contributed by atoms with Gasteiger partial charge in [0.05, 0.1) is 10.5 Å². The Morgan fingerprint density at radius 2 is 1.71 bits per heavy atom. The summed E-state index contributed by atoms with van der Waals surface area (Å²) in [7, 11) is 0. The van der Waals surface area contributed by atoms with Gasteiger partial charge in [-0.3, -0.25) is 23.7 Å². The number of anilines is 1. The van der Waals surface area contributed by atoms with Crippen molar-refractivity contribution in [1.29, 1.82) is 0 Å². The number of rotatable bonds is 13. The molecule has 2 aliphatic heterocycles. The third-order valence-electron chi connectivity index (χ3n) is 7.90. The van der Waals surface area contributed by atoms with Crippen molar-refractivity contribution < 1.29 is 14.7 Å². The lowest BCUT2D eigenvalue weighted by molar-refractivity contribution is -0.137. The number of fused-ring (bicyclic) bond motifs is 1. The van der Waals surface area contributed by atoms with Crippen molar-refractivity contribution in [2.24, 2.45) is 11.8 Å². The number of pyridine rings is 1. The van der Waals surface area contributed by atoms with E-state index in [2.05, 4.69) is 18.7 Å². The predicted octanol–water partition coefficient (Wildman–Crippen LogP) is 6.28. The van der Waals surface area contributed by atoms with Crippen molar-refractivity contribution >= 4 is 57.7 Å². The summed E-state index contributed by atoms with van der Waals surface area (Å²) in [4.78, 5) is 47.2. The Bertz CT molecular complexity index is 1360. The fourth-order valence-electron chi connectivity index (χ4n) is 5.93. The van der Waals surface area contributed by atoms with Crippen LogP contribution >= 0.6 is 24.0 Å². The van der Waals surface area contributed by atoms with Gasteiger partial charge >= 0.3 is 5.97 Å². The zero-order valence-electron chi connectivity index (χ0n) is 24.4. The summed E-state index contributed by atoms with van der Waals surface area (Å²) in [5.74, 6) is 0.755. The van der Waals surface area contributed by atoms with E-state index in [1.807, 2.05) is 19.1 Å². The van der Waals surface area contributed by atoms with E-state index in [9.17, 15) is 14.4 Å². The predicted molar refractivity (Wildman–Crippen MR) is 170 cm³/mol.